The summed E-state index contributed by atoms with van der Waals surface area (Å²) < 4.78 is 17.3. The Hall–Kier alpha value is -6.00. The SMILES string of the molecule is C=CCOC(=O)c1sc(N2C(=O)C(=O)/C(=C(/O)c3ccc(OCc4ccccc4)cc3C)[C@@H]2c2cccc(Oc3ccccc3)c2)nc1C. The number of amides is 1. The second-order valence-corrected chi connectivity index (χ2v) is 12.2. The molecule has 1 aromatic heterocycles. The van der Waals surface area contributed by atoms with Gasteiger partial charge in [-0.3, -0.25) is 14.5 Å². The van der Waals surface area contributed by atoms with Crippen molar-refractivity contribution >= 4 is 39.9 Å². The van der Waals surface area contributed by atoms with E-state index in [-0.39, 0.29) is 27.9 Å². The van der Waals surface area contributed by atoms with E-state index in [1.165, 1.54) is 11.0 Å². The monoisotopic (exact) mass is 672 g/mol. The fraction of sp³-hybridized carbons (Fsp3) is 0.128. The second-order valence-electron chi connectivity index (χ2n) is 11.2. The van der Waals surface area contributed by atoms with Crippen molar-refractivity contribution < 1.29 is 33.7 Å². The van der Waals surface area contributed by atoms with Gasteiger partial charge in [0, 0.05) is 5.56 Å². The van der Waals surface area contributed by atoms with Crippen molar-refractivity contribution in [2.45, 2.75) is 26.5 Å². The van der Waals surface area contributed by atoms with Gasteiger partial charge in [-0.15, -0.1) is 0 Å². The van der Waals surface area contributed by atoms with Crippen LogP contribution in [0.15, 0.2) is 121 Å². The molecule has 49 heavy (non-hydrogen) atoms. The zero-order valence-corrected chi connectivity index (χ0v) is 27.6. The maximum atomic E-state index is 13.9. The van der Waals surface area contributed by atoms with Crippen LogP contribution >= 0.6 is 11.3 Å². The lowest BCUT2D eigenvalue weighted by molar-refractivity contribution is -0.132. The zero-order valence-electron chi connectivity index (χ0n) is 26.8. The van der Waals surface area contributed by atoms with Gasteiger partial charge >= 0.3 is 11.9 Å². The number of aliphatic hydroxyl groups excluding tert-OH is 1. The van der Waals surface area contributed by atoms with Gasteiger partial charge in [0.2, 0.25) is 0 Å². The van der Waals surface area contributed by atoms with Gasteiger partial charge in [-0.05, 0) is 73.0 Å². The number of para-hydroxylation sites is 1. The number of aryl methyl sites for hydroxylation is 2. The summed E-state index contributed by atoms with van der Waals surface area (Å²) in [4.78, 5) is 46.4. The number of Topliss-reactive ketones (excluding diaryl/α,β-unsaturated/α-hetero) is 1. The molecule has 10 heteroatoms. The van der Waals surface area contributed by atoms with Gasteiger partial charge in [-0.25, -0.2) is 9.78 Å². The summed E-state index contributed by atoms with van der Waals surface area (Å²) in [6, 6.07) is 29.9. The Morgan fingerprint density at radius 2 is 1.63 bits per heavy atom. The quantitative estimate of drug-likeness (QED) is 0.0492. The largest absolute Gasteiger partial charge is 0.507 e. The Bertz CT molecular complexity index is 2070. The summed E-state index contributed by atoms with van der Waals surface area (Å²) in [6.45, 7) is 7.33. The molecule has 0 spiro atoms. The summed E-state index contributed by atoms with van der Waals surface area (Å²) in [6.07, 6.45) is 1.45. The van der Waals surface area contributed by atoms with Crippen molar-refractivity contribution in [2.24, 2.45) is 0 Å². The van der Waals surface area contributed by atoms with Crippen molar-refractivity contribution in [3.63, 3.8) is 0 Å². The number of carbonyl (C=O) groups is 3. The number of aliphatic hydroxyl groups is 1. The molecular weight excluding hydrogens is 641 g/mol. The van der Waals surface area contributed by atoms with Crippen molar-refractivity contribution in [2.75, 3.05) is 11.5 Å². The summed E-state index contributed by atoms with van der Waals surface area (Å²) in [7, 11) is 0. The number of rotatable bonds is 11. The Labute approximate surface area is 287 Å². The highest BCUT2D eigenvalue weighted by Gasteiger charge is 2.48. The van der Waals surface area contributed by atoms with Crippen LogP contribution in [0.3, 0.4) is 0 Å². The fourth-order valence-corrected chi connectivity index (χ4v) is 6.46. The first kappa shape index (κ1) is 32.9. The molecule has 2 heterocycles. The summed E-state index contributed by atoms with van der Waals surface area (Å²) in [5, 5.41) is 11.9. The number of ketones is 1. The predicted molar refractivity (Wildman–Crippen MR) is 187 cm³/mol. The Morgan fingerprint density at radius 3 is 2.35 bits per heavy atom. The number of carbonyl (C=O) groups excluding carboxylic acids is 3. The number of benzene rings is 4. The van der Waals surface area contributed by atoms with Gasteiger partial charge in [-0.2, -0.15) is 0 Å². The van der Waals surface area contributed by atoms with Crippen LogP contribution in [-0.4, -0.2) is 34.4 Å². The molecule has 0 saturated carbocycles. The normalized spacial score (nSPS) is 15.2. The molecule has 246 valence electrons. The van der Waals surface area contributed by atoms with E-state index in [0.717, 1.165) is 16.9 Å². The highest BCUT2D eigenvalue weighted by atomic mass is 32.1. The van der Waals surface area contributed by atoms with Gasteiger partial charge in [0.25, 0.3) is 5.78 Å². The summed E-state index contributed by atoms with van der Waals surface area (Å²) >= 11 is 0.926. The molecule has 1 N–H and O–H groups in total. The first-order valence-electron chi connectivity index (χ1n) is 15.4. The minimum Gasteiger partial charge on any atom is -0.507 e. The molecule has 1 atom stereocenters. The van der Waals surface area contributed by atoms with Gasteiger partial charge in [0.05, 0.1) is 17.3 Å². The fourth-order valence-electron chi connectivity index (χ4n) is 5.47. The Morgan fingerprint density at radius 1 is 0.918 bits per heavy atom. The minimum atomic E-state index is -1.10. The third-order valence-corrected chi connectivity index (χ3v) is 8.94. The lowest BCUT2D eigenvalue weighted by Crippen LogP contribution is -2.29. The summed E-state index contributed by atoms with van der Waals surface area (Å²) in [5.41, 5.74) is 2.67. The molecule has 0 unspecified atom stereocenters. The maximum absolute atomic E-state index is 13.9. The number of aromatic nitrogens is 1. The average molecular weight is 673 g/mol. The predicted octanol–water partition coefficient (Wildman–Crippen LogP) is 8.10. The molecule has 1 aliphatic rings. The molecule has 6 rings (SSSR count). The highest BCUT2D eigenvalue weighted by molar-refractivity contribution is 7.17. The van der Waals surface area contributed by atoms with E-state index in [0.29, 0.717) is 46.2 Å². The van der Waals surface area contributed by atoms with E-state index in [9.17, 15) is 19.5 Å². The molecule has 1 fully saturated rings. The van der Waals surface area contributed by atoms with E-state index in [1.54, 1.807) is 68.4 Å². The van der Waals surface area contributed by atoms with Crippen molar-refractivity contribution in [1.82, 2.24) is 4.98 Å². The zero-order chi connectivity index (χ0) is 34.5. The molecular formula is C39H32N2O7S. The van der Waals surface area contributed by atoms with Crippen LogP contribution in [0.25, 0.3) is 5.76 Å². The molecule has 1 saturated heterocycles. The maximum Gasteiger partial charge on any atom is 0.350 e. The van der Waals surface area contributed by atoms with E-state index >= 15 is 0 Å². The minimum absolute atomic E-state index is 0.000334. The van der Waals surface area contributed by atoms with Gasteiger partial charge in [-0.1, -0.05) is 84.7 Å². The van der Waals surface area contributed by atoms with Crippen LogP contribution in [-0.2, 0) is 20.9 Å². The molecule has 0 aliphatic carbocycles. The van der Waals surface area contributed by atoms with E-state index in [2.05, 4.69) is 11.6 Å². The second kappa shape index (κ2) is 14.4. The first-order valence-corrected chi connectivity index (χ1v) is 16.2. The standard InChI is InChI=1S/C39H32N2O7S/c1-4-20-46-38(45)36-25(3)40-39(49-36)41-33(27-14-11-17-30(22-27)48-28-15-9-6-10-16-28)32(35(43)37(41)44)34(42)31-19-18-29(21-24(31)2)47-23-26-12-7-5-8-13-26/h4-19,21-22,33,42H,1,20,23H2,2-3H3/b34-32+/t33-/m0/s1. The lowest BCUT2D eigenvalue weighted by atomic mass is 9.94. The first-order chi connectivity index (χ1) is 23.7. The Balaban J connectivity index is 1.42. The summed E-state index contributed by atoms with van der Waals surface area (Å²) in [5.74, 6) is -1.16. The number of esters is 1. The van der Waals surface area contributed by atoms with Crippen LogP contribution < -0.4 is 14.4 Å². The number of ether oxygens (including phenoxy) is 3. The molecule has 1 amide bonds. The van der Waals surface area contributed by atoms with Gasteiger partial charge in [0.15, 0.2) is 5.13 Å². The molecule has 5 aromatic rings. The number of thiazole rings is 1. The highest BCUT2D eigenvalue weighted by Crippen LogP contribution is 2.45. The third kappa shape index (κ3) is 7.00. The van der Waals surface area contributed by atoms with Crippen molar-refractivity contribution in [3.05, 3.63) is 154 Å². The number of hydrogen-bond donors (Lipinski definition) is 1. The van der Waals surface area contributed by atoms with Crippen LogP contribution in [0.5, 0.6) is 17.2 Å². The number of nitrogens with zero attached hydrogens (tertiary/aromatic N) is 2. The molecule has 9 nitrogen and oxygen atoms in total. The average Bonchev–Trinajstić information content (AvgIpc) is 3.62. The van der Waals surface area contributed by atoms with E-state index < -0.39 is 23.7 Å². The van der Waals surface area contributed by atoms with Crippen LogP contribution in [0, 0.1) is 13.8 Å². The van der Waals surface area contributed by atoms with Crippen molar-refractivity contribution in [1.29, 1.82) is 0 Å². The Kier molecular flexibility index (Phi) is 9.68. The van der Waals surface area contributed by atoms with Crippen LogP contribution in [0.1, 0.15) is 43.7 Å². The molecule has 0 bridgehead atoms. The van der Waals surface area contributed by atoms with E-state index in [4.69, 9.17) is 14.2 Å². The number of anilines is 1. The van der Waals surface area contributed by atoms with Gasteiger partial charge < -0.3 is 19.3 Å². The topological polar surface area (TPSA) is 115 Å². The van der Waals surface area contributed by atoms with Crippen molar-refractivity contribution in [3.8, 4) is 17.2 Å². The van der Waals surface area contributed by atoms with Crippen LogP contribution in [0.2, 0.25) is 0 Å². The van der Waals surface area contributed by atoms with Gasteiger partial charge in [0.1, 0.15) is 41.1 Å². The molecule has 1 aliphatic heterocycles. The lowest BCUT2D eigenvalue weighted by Gasteiger charge is -2.23. The van der Waals surface area contributed by atoms with Crippen LogP contribution in [0.4, 0.5) is 5.13 Å². The van der Waals surface area contributed by atoms with E-state index in [1.807, 2.05) is 48.5 Å². The molecule has 4 aromatic carbocycles. The smallest absolute Gasteiger partial charge is 0.350 e. The number of hydrogen-bond acceptors (Lipinski definition) is 9. The molecule has 0 radical (unpaired) electrons. The third-order valence-electron chi connectivity index (χ3n) is 7.81.